The third kappa shape index (κ3) is 4.27. The van der Waals surface area contributed by atoms with Crippen LogP contribution < -0.4 is 5.32 Å². The number of hydrogen-bond acceptors (Lipinski definition) is 4. The Hall–Kier alpha value is -5.63. The molecule has 1 amide bonds. The first-order chi connectivity index (χ1) is 19.6. The summed E-state index contributed by atoms with van der Waals surface area (Å²) in [7, 11) is 0. The monoisotopic (exact) mass is 524 g/mol. The van der Waals surface area contributed by atoms with Crippen molar-refractivity contribution in [2.45, 2.75) is 0 Å². The van der Waals surface area contributed by atoms with E-state index in [4.69, 9.17) is 0 Å². The van der Waals surface area contributed by atoms with Crippen molar-refractivity contribution in [1.29, 1.82) is 0 Å². The van der Waals surface area contributed by atoms with Crippen LogP contribution in [-0.4, -0.2) is 31.1 Å². The highest BCUT2D eigenvalue weighted by Gasteiger charge is 2.15. The van der Waals surface area contributed by atoms with E-state index in [9.17, 15) is 9.18 Å². The lowest BCUT2D eigenvalue weighted by Crippen LogP contribution is -2.11. The fraction of sp³-hybridized carbons (Fsp3) is 0. The highest BCUT2D eigenvalue weighted by atomic mass is 19.1. The Balaban J connectivity index is 1.25. The van der Waals surface area contributed by atoms with Crippen LogP contribution in [-0.2, 0) is 0 Å². The van der Waals surface area contributed by atoms with Crippen LogP contribution in [0.5, 0.6) is 0 Å². The molecule has 40 heavy (non-hydrogen) atoms. The number of pyridine rings is 2. The van der Waals surface area contributed by atoms with Crippen molar-refractivity contribution >= 4 is 33.4 Å². The number of halogens is 1. The van der Waals surface area contributed by atoms with Crippen LogP contribution >= 0.6 is 0 Å². The Kier molecular flexibility index (Phi) is 5.63. The quantitative estimate of drug-likeness (QED) is 0.221. The lowest BCUT2D eigenvalue weighted by atomic mass is 10.0. The number of benzene rings is 3. The molecule has 7 nitrogen and oxygen atoms in total. The van der Waals surface area contributed by atoms with Gasteiger partial charge in [0.05, 0.1) is 34.8 Å². The van der Waals surface area contributed by atoms with Gasteiger partial charge in [-0.25, -0.2) is 4.39 Å². The van der Waals surface area contributed by atoms with Gasteiger partial charge in [-0.2, -0.15) is 5.10 Å². The zero-order chi connectivity index (χ0) is 27.1. The van der Waals surface area contributed by atoms with Gasteiger partial charge in [-0.1, -0.05) is 36.4 Å². The normalized spacial score (nSPS) is 11.2. The molecule has 0 aliphatic heterocycles. The van der Waals surface area contributed by atoms with Gasteiger partial charge in [-0.05, 0) is 59.7 Å². The molecule has 0 radical (unpaired) electrons. The molecule has 0 unspecified atom stereocenters. The molecule has 0 bridgehead atoms. The van der Waals surface area contributed by atoms with Gasteiger partial charge in [0.25, 0.3) is 5.91 Å². The molecule has 0 aliphatic carbocycles. The summed E-state index contributed by atoms with van der Waals surface area (Å²) in [5, 5.41) is 12.5. The molecule has 0 spiro atoms. The summed E-state index contributed by atoms with van der Waals surface area (Å²) in [6.45, 7) is 0. The molecule has 4 heterocycles. The molecule has 0 fully saturated rings. The summed E-state index contributed by atoms with van der Waals surface area (Å²) in [5.74, 6) is -0.493. The first kappa shape index (κ1) is 23.5. The van der Waals surface area contributed by atoms with E-state index in [2.05, 4.69) is 30.5 Å². The molecule has 3 aromatic carbocycles. The van der Waals surface area contributed by atoms with Gasteiger partial charge < -0.3 is 10.3 Å². The van der Waals surface area contributed by atoms with Crippen molar-refractivity contribution in [3.05, 3.63) is 121 Å². The third-order valence-electron chi connectivity index (χ3n) is 6.86. The minimum atomic E-state index is -0.297. The first-order valence-corrected chi connectivity index (χ1v) is 12.7. The molecule has 0 atom stereocenters. The Labute approximate surface area is 227 Å². The van der Waals surface area contributed by atoms with Crippen LogP contribution in [0, 0.1) is 5.82 Å². The zero-order valence-electron chi connectivity index (χ0n) is 21.0. The van der Waals surface area contributed by atoms with Gasteiger partial charge in [-0.15, -0.1) is 0 Å². The number of H-pyrrole nitrogens is 2. The van der Waals surface area contributed by atoms with Crippen molar-refractivity contribution < 1.29 is 9.18 Å². The number of rotatable bonds is 5. The van der Waals surface area contributed by atoms with Gasteiger partial charge in [-0.3, -0.25) is 19.9 Å². The molecule has 0 saturated carbocycles. The molecule has 0 saturated heterocycles. The molecule has 7 rings (SSSR count). The average molecular weight is 525 g/mol. The molecule has 4 aromatic heterocycles. The molecule has 3 N–H and O–H groups in total. The third-order valence-corrected chi connectivity index (χ3v) is 6.86. The van der Waals surface area contributed by atoms with Crippen LogP contribution in [0.2, 0.25) is 0 Å². The van der Waals surface area contributed by atoms with Crippen LogP contribution in [0.3, 0.4) is 0 Å². The number of carbonyl (C=O) groups is 1. The Bertz CT molecular complexity index is 2030. The molecule has 192 valence electrons. The Morgan fingerprint density at radius 1 is 0.725 bits per heavy atom. The topological polar surface area (TPSA) is 99.3 Å². The first-order valence-electron chi connectivity index (χ1n) is 12.7. The number of nitrogens with one attached hydrogen (secondary N) is 3. The van der Waals surface area contributed by atoms with E-state index in [1.165, 1.54) is 12.1 Å². The minimum Gasteiger partial charge on any atom is -0.352 e. The predicted octanol–water partition coefficient (Wildman–Crippen LogP) is 7.23. The fourth-order valence-corrected chi connectivity index (χ4v) is 4.92. The van der Waals surface area contributed by atoms with Gasteiger partial charge >= 0.3 is 0 Å². The molecular weight excluding hydrogens is 503 g/mol. The van der Waals surface area contributed by atoms with E-state index in [0.717, 1.165) is 55.4 Å². The standard InChI is InChI=1S/C32H21FN6O/c33-23-8-4-7-21(11-23)27-17-35-18-30-25(27)14-29(37-30)31-26-13-20(9-10-28(26)38-39-31)22-12-24(16-34-15-22)36-32(40)19-5-2-1-3-6-19/h1-18,37H,(H,36,40)(H,38,39). The highest BCUT2D eigenvalue weighted by Crippen LogP contribution is 2.35. The lowest BCUT2D eigenvalue weighted by Gasteiger charge is -2.08. The lowest BCUT2D eigenvalue weighted by molar-refractivity contribution is 0.102. The second-order valence-electron chi connectivity index (χ2n) is 9.46. The van der Waals surface area contributed by atoms with Crippen molar-refractivity contribution in [2.24, 2.45) is 0 Å². The van der Waals surface area contributed by atoms with E-state index in [0.29, 0.717) is 11.3 Å². The van der Waals surface area contributed by atoms with E-state index >= 15 is 0 Å². The maximum Gasteiger partial charge on any atom is 0.255 e. The van der Waals surface area contributed by atoms with Crippen LogP contribution in [0.15, 0.2) is 110 Å². The number of anilines is 1. The maximum atomic E-state index is 13.9. The fourth-order valence-electron chi connectivity index (χ4n) is 4.92. The average Bonchev–Trinajstić information content (AvgIpc) is 3.61. The van der Waals surface area contributed by atoms with Gasteiger partial charge in [0.2, 0.25) is 0 Å². The van der Waals surface area contributed by atoms with Crippen molar-refractivity contribution in [3.8, 4) is 33.6 Å². The second kappa shape index (κ2) is 9.59. The molecule has 8 heteroatoms. The largest absolute Gasteiger partial charge is 0.352 e. The van der Waals surface area contributed by atoms with E-state index in [1.807, 2.05) is 54.6 Å². The van der Waals surface area contributed by atoms with Crippen LogP contribution in [0.25, 0.3) is 55.4 Å². The summed E-state index contributed by atoms with van der Waals surface area (Å²) in [5.41, 5.74) is 7.82. The summed E-state index contributed by atoms with van der Waals surface area (Å²) in [6.07, 6.45) is 6.88. The predicted molar refractivity (Wildman–Crippen MR) is 154 cm³/mol. The zero-order valence-corrected chi connectivity index (χ0v) is 21.0. The summed E-state index contributed by atoms with van der Waals surface area (Å²) >= 11 is 0. The van der Waals surface area contributed by atoms with E-state index in [-0.39, 0.29) is 11.7 Å². The van der Waals surface area contributed by atoms with E-state index in [1.54, 1.807) is 43.0 Å². The molecule has 0 aliphatic rings. The summed E-state index contributed by atoms with van der Waals surface area (Å²) in [6, 6.07) is 25.5. The highest BCUT2D eigenvalue weighted by molar-refractivity contribution is 6.05. The van der Waals surface area contributed by atoms with Crippen molar-refractivity contribution in [3.63, 3.8) is 0 Å². The SMILES string of the molecule is O=C(Nc1cncc(-c2ccc3[nH]nc(-c4cc5c(-c6cccc(F)c6)cncc5[nH]4)c3c2)c1)c1ccccc1. The minimum absolute atomic E-state index is 0.196. The number of carbonyl (C=O) groups excluding carboxylic acids is 1. The number of hydrogen-bond donors (Lipinski definition) is 3. The number of nitrogens with zero attached hydrogens (tertiary/aromatic N) is 3. The smallest absolute Gasteiger partial charge is 0.255 e. The van der Waals surface area contributed by atoms with Gasteiger partial charge in [0, 0.05) is 39.9 Å². The molecule has 7 aromatic rings. The summed E-state index contributed by atoms with van der Waals surface area (Å²) < 4.78 is 13.9. The number of aromatic amines is 2. The van der Waals surface area contributed by atoms with E-state index < -0.39 is 0 Å². The van der Waals surface area contributed by atoms with Gasteiger partial charge in [0.15, 0.2) is 0 Å². The second-order valence-corrected chi connectivity index (χ2v) is 9.46. The van der Waals surface area contributed by atoms with Crippen molar-refractivity contribution in [1.82, 2.24) is 25.1 Å². The summed E-state index contributed by atoms with van der Waals surface area (Å²) in [4.78, 5) is 24.8. The Morgan fingerprint density at radius 3 is 2.48 bits per heavy atom. The van der Waals surface area contributed by atoms with Crippen LogP contribution in [0.4, 0.5) is 10.1 Å². The van der Waals surface area contributed by atoms with Gasteiger partial charge in [0.1, 0.15) is 11.5 Å². The molecular formula is C32H21FN6O. The number of amides is 1. The number of aromatic nitrogens is 5. The Morgan fingerprint density at radius 2 is 1.60 bits per heavy atom. The van der Waals surface area contributed by atoms with Crippen LogP contribution in [0.1, 0.15) is 10.4 Å². The number of fused-ring (bicyclic) bond motifs is 2. The maximum absolute atomic E-state index is 13.9. The van der Waals surface area contributed by atoms with Crippen molar-refractivity contribution in [2.75, 3.05) is 5.32 Å².